The van der Waals surface area contributed by atoms with Gasteiger partial charge in [-0.3, -0.25) is 23.9 Å². The van der Waals surface area contributed by atoms with Crippen LogP contribution in [-0.4, -0.2) is 45.1 Å². The third kappa shape index (κ3) is 6.19. The van der Waals surface area contributed by atoms with Gasteiger partial charge in [-0.15, -0.1) is 0 Å². The third-order valence-electron chi connectivity index (χ3n) is 9.24. The van der Waals surface area contributed by atoms with Crippen molar-refractivity contribution < 1.29 is 43.9 Å². The largest absolute Gasteiger partial charge is 0.435 e. The zero-order chi connectivity index (χ0) is 37.7. The van der Waals surface area contributed by atoms with E-state index in [9.17, 15) is 35.2 Å². The van der Waals surface area contributed by atoms with Crippen molar-refractivity contribution in [2.24, 2.45) is 13.0 Å². The predicted octanol–water partition coefficient (Wildman–Crippen LogP) is 5.70. The molecule has 1 fully saturated rings. The Balaban J connectivity index is 1.34. The van der Waals surface area contributed by atoms with Crippen LogP contribution in [0.3, 0.4) is 0 Å². The molecule has 5 aromatic rings. The number of fused-ring (bicyclic) bond motifs is 4. The maximum atomic E-state index is 15.3. The van der Waals surface area contributed by atoms with Gasteiger partial charge < -0.3 is 11.1 Å². The number of hydrogen-bond donors (Lipinski definition) is 3. The molecule has 52 heavy (non-hydrogen) atoms. The van der Waals surface area contributed by atoms with Crippen LogP contribution in [0, 0.1) is 24.5 Å². The number of amides is 1. The number of nitrogens with one attached hydrogen (secondary N) is 2. The molecule has 3 heterocycles. The molecule has 2 aromatic carbocycles. The van der Waals surface area contributed by atoms with Gasteiger partial charge in [-0.1, -0.05) is 12.1 Å². The first-order valence-corrected chi connectivity index (χ1v) is 17.6. The van der Waals surface area contributed by atoms with Crippen LogP contribution in [0.5, 0.6) is 0 Å². The van der Waals surface area contributed by atoms with Crippen LogP contribution < -0.4 is 15.8 Å². The van der Waals surface area contributed by atoms with Gasteiger partial charge in [0.05, 0.1) is 34.9 Å². The molecule has 0 saturated heterocycles. The third-order valence-corrected chi connectivity index (χ3v) is 9.80. The van der Waals surface area contributed by atoms with Gasteiger partial charge in [0, 0.05) is 41.1 Å². The number of aromatic nitrogens is 5. The average Bonchev–Trinajstić information content (AvgIpc) is 3.57. The molecular formula is C33H29F7N8O3S. The molecule has 2 aliphatic carbocycles. The number of benzene rings is 2. The summed E-state index contributed by atoms with van der Waals surface area (Å²) in [5.41, 5.74) is 4.90. The van der Waals surface area contributed by atoms with Gasteiger partial charge in [0.15, 0.2) is 11.5 Å². The number of hydrogen-bond acceptors (Lipinski definition) is 7. The molecule has 0 aliphatic heterocycles. The summed E-state index contributed by atoms with van der Waals surface area (Å²) in [7, 11) is -2.20. The number of anilines is 2. The van der Waals surface area contributed by atoms with Crippen molar-refractivity contribution in [3.63, 3.8) is 0 Å². The molecule has 0 unspecified atom stereocenters. The molecule has 1 amide bonds. The summed E-state index contributed by atoms with van der Waals surface area (Å²) in [6.45, 7) is 0.518. The summed E-state index contributed by atoms with van der Waals surface area (Å²) in [5.74, 6) is -8.89. The highest BCUT2D eigenvalue weighted by atomic mass is 32.2. The standard InChI is InChI=1S/C33H29F7N8O3S/c1-14-23(41)12-20(18-5-4-6-19-28(18)47(2)45-31(19)46-52(3,50)51)27(42-14)24(9-15-7-16(34)10-17(35)8-15)43-25(49)13-48-30-26(29(44-48)33(38,39)40)21-11-22(21)32(30,36)37/h4-8,10,12,21-22,24H,9,11,13,41H2,1-3H3,(H,43,49)(H,45,46)/t21-,22+,24-/m0/s1. The number of rotatable bonds is 9. The molecule has 0 radical (unpaired) electrons. The lowest BCUT2D eigenvalue weighted by Crippen LogP contribution is -2.35. The Labute approximate surface area is 291 Å². The smallest absolute Gasteiger partial charge is 0.397 e. The Hall–Kier alpha value is -5.20. The number of aryl methyl sites for hydroxylation is 2. The summed E-state index contributed by atoms with van der Waals surface area (Å²) in [6, 6.07) is 7.76. The fraction of sp³-hybridized carbons (Fsp3) is 0.333. The summed E-state index contributed by atoms with van der Waals surface area (Å²) in [5, 5.41) is 10.7. The van der Waals surface area contributed by atoms with E-state index in [1.54, 1.807) is 32.2 Å². The summed E-state index contributed by atoms with van der Waals surface area (Å²) >= 11 is 0. The Bertz CT molecular complexity index is 2390. The molecule has 274 valence electrons. The van der Waals surface area contributed by atoms with Crippen LogP contribution in [0.2, 0.25) is 0 Å². The topological polar surface area (TPSA) is 150 Å². The van der Waals surface area contributed by atoms with E-state index in [0.29, 0.717) is 27.2 Å². The number of para-hydroxylation sites is 1. The Kier molecular flexibility index (Phi) is 8.07. The van der Waals surface area contributed by atoms with Crippen molar-refractivity contribution in [3.05, 3.63) is 88.0 Å². The van der Waals surface area contributed by atoms with E-state index in [1.807, 2.05) is 0 Å². The fourth-order valence-corrected chi connectivity index (χ4v) is 7.58. The minimum Gasteiger partial charge on any atom is -0.397 e. The number of carbonyl (C=O) groups excluding carboxylic acids is 1. The van der Waals surface area contributed by atoms with Gasteiger partial charge in [0.1, 0.15) is 23.9 Å². The lowest BCUT2D eigenvalue weighted by molar-refractivity contribution is -0.142. The van der Waals surface area contributed by atoms with Gasteiger partial charge >= 0.3 is 6.18 Å². The molecule has 0 bridgehead atoms. The van der Waals surface area contributed by atoms with Crippen LogP contribution in [0.4, 0.5) is 42.2 Å². The van der Waals surface area contributed by atoms with Gasteiger partial charge in [0.2, 0.25) is 15.9 Å². The second kappa shape index (κ2) is 11.9. The van der Waals surface area contributed by atoms with Gasteiger partial charge in [-0.2, -0.15) is 32.1 Å². The number of pyridine rings is 1. The number of sulfonamides is 1. The maximum Gasteiger partial charge on any atom is 0.435 e. The summed E-state index contributed by atoms with van der Waals surface area (Å²) in [4.78, 5) is 18.3. The van der Waals surface area contributed by atoms with E-state index in [2.05, 4.69) is 25.2 Å². The van der Waals surface area contributed by atoms with Crippen molar-refractivity contribution in [3.8, 4) is 11.1 Å². The van der Waals surface area contributed by atoms with E-state index < -0.39 is 81.0 Å². The van der Waals surface area contributed by atoms with E-state index in [-0.39, 0.29) is 46.9 Å². The van der Waals surface area contributed by atoms with Crippen LogP contribution >= 0.6 is 0 Å². The molecule has 1 saturated carbocycles. The number of nitrogens with two attached hydrogens (primary N) is 1. The first-order chi connectivity index (χ1) is 24.2. The minimum atomic E-state index is -5.05. The van der Waals surface area contributed by atoms with Gasteiger partial charge in [0.25, 0.3) is 5.92 Å². The first kappa shape index (κ1) is 35.2. The lowest BCUT2D eigenvalue weighted by atomic mass is 9.93. The molecule has 2 aliphatic rings. The predicted molar refractivity (Wildman–Crippen MR) is 174 cm³/mol. The molecular weight excluding hydrogens is 721 g/mol. The Morgan fingerprint density at radius 3 is 2.44 bits per heavy atom. The SMILES string of the molecule is Cc1nc([C@H](Cc2cc(F)cc(F)c2)NC(=O)Cn2nc(C(F)(F)F)c3c2C(F)(F)[C@@H]2C[C@H]32)c(-c2cccc3c(NS(C)(=O)=O)nn(C)c23)cc1N. The highest BCUT2D eigenvalue weighted by molar-refractivity contribution is 7.92. The number of carbonyl (C=O) groups is 1. The van der Waals surface area contributed by atoms with E-state index >= 15 is 8.78 Å². The van der Waals surface area contributed by atoms with Crippen molar-refractivity contribution in [2.75, 3.05) is 16.7 Å². The Morgan fingerprint density at radius 2 is 1.79 bits per heavy atom. The zero-order valence-electron chi connectivity index (χ0n) is 27.5. The minimum absolute atomic E-state index is 0.0101. The van der Waals surface area contributed by atoms with E-state index in [1.165, 1.54) is 10.7 Å². The number of halogens is 7. The molecule has 4 N–H and O–H groups in total. The van der Waals surface area contributed by atoms with Crippen LogP contribution in [0.1, 0.15) is 52.3 Å². The number of nitrogens with zero attached hydrogens (tertiary/aromatic N) is 5. The Morgan fingerprint density at radius 1 is 1.10 bits per heavy atom. The lowest BCUT2D eigenvalue weighted by Gasteiger charge is -2.24. The fourth-order valence-electron chi connectivity index (χ4n) is 7.08. The summed E-state index contributed by atoms with van der Waals surface area (Å²) < 4.78 is 129. The van der Waals surface area contributed by atoms with Crippen molar-refractivity contribution in [1.82, 2.24) is 29.9 Å². The number of alkyl halides is 5. The monoisotopic (exact) mass is 750 g/mol. The zero-order valence-corrected chi connectivity index (χ0v) is 28.3. The van der Waals surface area contributed by atoms with E-state index in [4.69, 9.17) is 5.73 Å². The van der Waals surface area contributed by atoms with Gasteiger partial charge in [-0.25, -0.2) is 17.2 Å². The second-order valence-electron chi connectivity index (χ2n) is 13.1. The normalized spacial score (nSPS) is 18.3. The highest BCUT2D eigenvalue weighted by Gasteiger charge is 2.68. The second-order valence-corrected chi connectivity index (χ2v) is 14.8. The average molecular weight is 751 g/mol. The van der Waals surface area contributed by atoms with Crippen molar-refractivity contribution >= 4 is 38.3 Å². The van der Waals surface area contributed by atoms with Crippen LogP contribution in [-0.2, 0) is 46.9 Å². The van der Waals surface area contributed by atoms with Crippen molar-refractivity contribution in [1.29, 1.82) is 0 Å². The maximum absolute atomic E-state index is 15.3. The molecule has 11 nitrogen and oxygen atoms in total. The quantitative estimate of drug-likeness (QED) is 0.164. The molecule has 19 heteroatoms. The molecule has 3 atom stereocenters. The molecule has 7 rings (SSSR count). The summed E-state index contributed by atoms with van der Waals surface area (Å²) in [6.07, 6.45) is -4.55. The number of nitrogen functional groups attached to an aromatic ring is 1. The van der Waals surface area contributed by atoms with Crippen molar-refractivity contribution in [2.45, 2.75) is 50.4 Å². The first-order valence-electron chi connectivity index (χ1n) is 15.7. The van der Waals surface area contributed by atoms with Crippen LogP contribution in [0.15, 0.2) is 42.5 Å². The molecule has 0 spiro atoms. The highest BCUT2D eigenvalue weighted by Crippen LogP contribution is 2.68. The van der Waals surface area contributed by atoms with Gasteiger partial charge in [-0.05, 0) is 55.5 Å². The van der Waals surface area contributed by atoms with E-state index in [0.717, 1.165) is 18.4 Å². The van der Waals surface area contributed by atoms with Crippen LogP contribution in [0.25, 0.3) is 22.0 Å². The molecule has 3 aromatic heterocycles.